The fraction of sp³-hybridized carbons (Fsp3) is 0.312. The molecule has 0 N–H and O–H groups in total. The number of anilines is 1. The number of nitrogens with zero attached hydrogens (tertiary/aromatic N) is 1. The molecule has 2 aromatic rings. The van der Waals surface area contributed by atoms with E-state index in [1.165, 1.54) is 18.4 Å². The van der Waals surface area contributed by atoms with Crippen LogP contribution in [0.1, 0.15) is 9.67 Å². The van der Waals surface area contributed by atoms with Crippen molar-refractivity contribution in [3.05, 3.63) is 40.2 Å². The molecular weight excluding hydrogens is 322 g/mol. The number of hydrogen-bond acceptors (Lipinski definition) is 5. The summed E-state index contributed by atoms with van der Waals surface area (Å²) in [7, 11) is 1.40. The van der Waals surface area contributed by atoms with E-state index in [0.29, 0.717) is 23.1 Å². The summed E-state index contributed by atoms with van der Waals surface area (Å²) in [6.07, 6.45) is 0. The number of ether oxygens (including phenoxy) is 2. The molecule has 0 aliphatic carbocycles. The molecule has 6 heteroatoms. The lowest BCUT2D eigenvalue weighted by Gasteiger charge is -2.28. The van der Waals surface area contributed by atoms with Crippen LogP contribution in [0.25, 0.3) is 11.1 Å². The fourth-order valence-electron chi connectivity index (χ4n) is 2.42. The molecule has 1 aromatic carbocycles. The molecule has 1 saturated heterocycles. The summed E-state index contributed by atoms with van der Waals surface area (Å²) in [6, 6.07) is 9.54. The number of benzene rings is 1. The van der Waals surface area contributed by atoms with Crippen LogP contribution in [0.5, 0.6) is 0 Å². The van der Waals surface area contributed by atoms with Crippen LogP contribution in [0.4, 0.5) is 5.00 Å². The van der Waals surface area contributed by atoms with Gasteiger partial charge in [-0.25, -0.2) is 4.79 Å². The first-order chi connectivity index (χ1) is 10.7. The van der Waals surface area contributed by atoms with E-state index in [4.69, 9.17) is 21.1 Å². The smallest absolute Gasteiger partial charge is 0.348 e. The van der Waals surface area contributed by atoms with Crippen molar-refractivity contribution in [3.8, 4) is 11.1 Å². The lowest BCUT2D eigenvalue weighted by atomic mass is 10.1. The van der Waals surface area contributed by atoms with Crippen LogP contribution in [0, 0.1) is 0 Å². The number of halogens is 1. The third-order valence-electron chi connectivity index (χ3n) is 3.55. The second kappa shape index (κ2) is 6.69. The normalized spacial score (nSPS) is 14.9. The summed E-state index contributed by atoms with van der Waals surface area (Å²) < 4.78 is 10.3. The lowest BCUT2D eigenvalue weighted by Crippen LogP contribution is -2.35. The van der Waals surface area contributed by atoms with Crippen molar-refractivity contribution in [1.29, 1.82) is 0 Å². The zero-order valence-electron chi connectivity index (χ0n) is 12.2. The highest BCUT2D eigenvalue weighted by molar-refractivity contribution is 7.18. The summed E-state index contributed by atoms with van der Waals surface area (Å²) in [6.45, 7) is 3.04. The molecule has 1 aliphatic heterocycles. The van der Waals surface area contributed by atoms with Crippen LogP contribution in [0.15, 0.2) is 30.3 Å². The Morgan fingerprint density at radius 2 is 1.95 bits per heavy atom. The maximum absolute atomic E-state index is 11.9. The Morgan fingerprint density at radius 3 is 2.59 bits per heavy atom. The van der Waals surface area contributed by atoms with Crippen molar-refractivity contribution >= 4 is 33.9 Å². The number of hydrogen-bond donors (Lipinski definition) is 0. The molecule has 3 rings (SSSR count). The van der Waals surface area contributed by atoms with Crippen molar-refractivity contribution in [3.63, 3.8) is 0 Å². The second-order valence-electron chi connectivity index (χ2n) is 4.93. The van der Waals surface area contributed by atoms with E-state index in [9.17, 15) is 4.79 Å². The van der Waals surface area contributed by atoms with E-state index >= 15 is 0 Å². The maximum atomic E-state index is 11.9. The van der Waals surface area contributed by atoms with Gasteiger partial charge in [-0.15, -0.1) is 11.3 Å². The van der Waals surface area contributed by atoms with Gasteiger partial charge < -0.3 is 14.4 Å². The predicted octanol–water partition coefficient (Wildman–Crippen LogP) is 3.69. The molecular formula is C16H16ClNO3S. The molecule has 0 spiro atoms. The summed E-state index contributed by atoms with van der Waals surface area (Å²) in [5, 5.41) is 1.77. The monoisotopic (exact) mass is 337 g/mol. The number of thiophene rings is 1. The average molecular weight is 338 g/mol. The molecule has 0 amide bonds. The Bertz CT molecular complexity index is 663. The number of methoxy groups -OCH3 is 1. The van der Waals surface area contributed by atoms with Gasteiger partial charge in [-0.1, -0.05) is 23.7 Å². The van der Waals surface area contributed by atoms with Crippen LogP contribution >= 0.6 is 22.9 Å². The van der Waals surface area contributed by atoms with Crippen LogP contribution in [-0.4, -0.2) is 39.4 Å². The number of carbonyl (C=O) groups excluding carboxylic acids is 1. The predicted molar refractivity (Wildman–Crippen MR) is 89.1 cm³/mol. The minimum absolute atomic E-state index is 0.306. The molecule has 1 fully saturated rings. The Kier molecular flexibility index (Phi) is 4.66. The minimum Gasteiger partial charge on any atom is -0.465 e. The van der Waals surface area contributed by atoms with Crippen molar-refractivity contribution in [2.45, 2.75) is 0 Å². The van der Waals surface area contributed by atoms with Crippen molar-refractivity contribution in [2.24, 2.45) is 0 Å². The van der Waals surface area contributed by atoms with Crippen LogP contribution in [-0.2, 0) is 9.47 Å². The van der Waals surface area contributed by atoms with Gasteiger partial charge in [0.05, 0.1) is 25.3 Å². The molecule has 0 unspecified atom stereocenters. The quantitative estimate of drug-likeness (QED) is 0.801. The Balaban J connectivity index is 2.03. The standard InChI is InChI=1S/C16H16ClNO3S/c1-20-16(19)14-10-13(11-2-4-12(17)5-3-11)15(22-14)18-6-8-21-9-7-18/h2-5,10H,6-9H2,1H3. The molecule has 4 nitrogen and oxygen atoms in total. The van der Waals surface area contributed by atoms with Gasteiger partial charge in [0.15, 0.2) is 0 Å². The van der Waals surface area contributed by atoms with Gasteiger partial charge in [-0.3, -0.25) is 0 Å². The first-order valence-corrected chi connectivity index (χ1v) is 8.19. The molecule has 2 heterocycles. The van der Waals surface area contributed by atoms with Gasteiger partial charge in [0, 0.05) is 23.7 Å². The Labute approximate surface area is 138 Å². The highest BCUT2D eigenvalue weighted by Gasteiger charge is 2.22. The molecule has 0 saturated carbocycles. The molecule has 1 aromatic heterocycles. The molecule has 22 heavy (non-hydrogen) atoms. The van der Waals surface area contributed by atoms with Crippen LogP contribution in [0.2, 0.25) is 5.02 Å². The lowest BCUT2D eigenvalue weighted by molar-refractivity contribution is 0.0606. The maximum Gasteiger partial charge on any atom is 0.348 e. The second-order valence-corrected chi connectivity index (χ2v) is 6.39. The average Bonchev–Trinajstić information content (AvgIpc) is 3.01. The minimum atomic E-state index is -0.306. The van der Waals surface area contributed by atoms with Crippen LogP contribution in [0.3, 0.4) is 0 Å². The zero-order chi connectivity index (χ0) is 15.5. The summed E-state index contributed by atoms with van der Waals surface area (Å²) >= 11 is 7.43. The SMILES string of the molecule is COC(=O)c1cc(-c2ccc(Cl)cc2)c(N2CCOCC2)s1. The number of morpholine rings is 1. The van der Waals surface area contributed by atoms with E-state index < -0.39 is 0 Å². The number of rotatable bonds is 3. The Hall–Kier alpha value is -1.56. The highest BCUT2D eigenvalue weighted by atomic mass is 35.5. The molecule has 0 atom stereocenters. The summed E-state index contributed by atoms with van der Waals surface area (Å²) in [5.74, 6) is -0.306. The van der Waals surface area contributed by atoms with E-state index in [1.807, 2.05) is 30.3 Å². The van der Waals surface area contributed by atoms with E-state index in [-0.39, 0.29) is 5.97 Å². The van der Waals surface area contributed by atoms with E-state index in [0.717, 1.165) is 29.2 Å². The molecule has 1 aliphatic rings. The van der Waals surface area contributed by atoms with Crippen LogP contribution < -0.4 is 4.90 Å². The van der Waals surface area contributed by atoms with Gasteiger partial charge in [0.25, 0.3) is 0 Å². The molecule has 0 bridgehead atoms. The van der Waals surface area contributed by atoms with Gasteiger partial charge in [0.2, 0.25) is 0 Å². The third kappa shape index (κ3) is 3.11. The van der Waals surface area contributed by atoms with E-state index in [2.05, 4.69) is 4.90 Å². The van der Waals surface area contributed by atoms with Crippen molar-refractivity contribution < 1.29 is 14.3 Å². The summed E-state index contributed by atoms with van der Waals surface area (Å²) in [5.41, 5.74) is 2.07. The largest absolute Gasteiger partial charge is 0.465 e. The van der Waals surface area contributed by atoms with E-state index in [1.54, 1.807) is 0 Å². The van der Waals surface area contributed by atoms with Crippen molar-refractivity contribution in [1.82, 2.24) is 0 Å². The molecule has 0 radical (unpaired) electrons. The number of carbonyl (C=O) groups is 1. The zero-order valence-corrected chi connectivity index (χ0v) is 13.7. The van der Waals surface area contributed by atoms with Gasteiger partial charge in [-0.2, -0.15) is 0 Å². The first kappa shape index (κ1) is 15.3. The first-order valence-electron chi connectivity index (χ1n) is 7.00. The fourth-order valence-corrected chi connectivity index (χ4v) is 3.70. The topological polar surface area (TPSA) is 38.8 Å². The van der Waals surface area contributed by atoms with Gasteiger partial charge in [0.1, 0.15) is 4.88 Å². The Morgan fingerprint density at radius 1 is 1.27 bits per heavy atom. The van der Waals surface area contributed by atoms with Crippen molar-refractivity contribution in [2.75, 3.05) is 38.3 Å². The number of esters is 1. The summed E-state index contributed by atoms with van der Waals surface area (Å²) in [4.78, 5) is 14.7. The van der Waals surface area contributed by atoms with Gasteiger partial charge >= 0.3 is 5.97 Å². The third-order valence-corrected chi connectivity index (χ3v) is 4.98. The highest BCUT2D eigenvalue weighted by Crippen LogP contribution is 2.40. The van der Waals surface area contributed by atoms with Gasteiger partial charge in [-0.05, 0) is 23.8 Å². The molecule has 116 valence electrons.